The highest BCUT2D eigenvalue weighted by atomic mass is 16.6. The fourth-order valence-electron chi connectivity index (χ4n) is 2.12. The summed E-state index contributed by atoms with van der Waals surface area (Å²) in [6.07, 6.45) is 1.04. The number of nitrogens with zero attached hydrogens (tertiary/aromatic N) is 1. The average Bonchev–Trinajstić information content (AvgIpc) is 2.72. The number of carbonyl (C=O) groups is 3. The van der Waals surface area contributed by atoms with E-state index in [1.165, 1.54) is 20.4 Å². The first kappa shape index (κ1) is 21.4. The van der Waals surface area contributed by atoms with Crippen molar-refractivity contribution in [1.29, 1.82) is 0 Å². The van der Waals surface area contributed by atoms with Gasteiger partial charge in [0.25, 0.3) is 0 Å². The Balaban J connectivity index is 1.76. The number of methoxy groups -OCH3 is 2. The maximum atomic E-state index is 11.9. The Morgan fingerprint density at radius 2 is 1.76 bits per heavy atom. The van der Waals surface area contributed by atoms with Crippen molar-refractivity contribution in [3.63, 3.8) is 0 Å². The second-order valence-corrected chi connectivity index (χ2v) is 5.68. The molecule has 0 aromatic heterocycles. The Bertz CT molecular complexity index is 880. The lowest BCUT2D eigenvalue weighted by atomic mass is 10.2. The van der Waals surface area contributed by atoms with Crippen LogP contribution in [0.5, 0.6) is 11.5 Å². The number of amides is 2. The molecule has 0 aliphatic rings. The van der Waals surface area contributed by atoms with Crippen molar-refractivity contribution in [2.24, 2.45) is 5.10 Å². The lowest BCUT2D eigenvalue weighted by molar-refractivity contribution is -0.143. The molecular formula is C20H21N3O6. The Labute approximate surface area is 167 Å². The smallest absolute Gasteiger partial charge is 0.343 e. The van der Waals surface area contributed by atoms with Crippen molar-refractivity contribution in [3.05, 3.63) is 54.1 Å². The molecule has 152 valence electrons. The van der Waals surface area contributed by atoms with Crippen molar-refractivity contribution in [1.82, 2.24) is 5.43 Å². The minimum Gasteiger partial charge on any atom is -0.497 e. The van der Waals surface area contributed by atoms with Crippen LogP contribution in [0.15, 0.2) is 53.6 Å². The van der Waals surface area contributed by atoms with Crippen molar-refractivity contribution in [2.75, 3.05) is 26.1 Å². The summed E-state index contributed by atoms with van der Waals surface area (Å²) in [7, 11) is 2.80. The molecule has 9 heteroatoms. The van der Waals surface area contributed by atoms with Crippen LogP contribution in [-0.4, -0.2) is 44.8 Å². The van der Waals surface area contributed by atoms with E-state index in [9.17, 15) is 14.4 Å². The summed E-state index contributed by atoms with van der Waals surface area (Å²) >= 11 is 0. The van der Waals surface area contributed by atoms with E-state index in [1.54, 1.807) is 48.5 Å². The molecule has 0 fully saturated rings. The van der Waals surface area contributed by atoms with Crippen LogP contribution in [0.4, 0.5) is 5.69 Å². The minimum absolute atomic E-state index is 0.183. The third kappa shape index (κ3) is 7.71. The number of nitrogens with one attached hydrogen (secondary N) is 2. The number of hydrogen-bond donors (Lipinski definition) is 2. The molecule has 2 N–H and O–H groups in total. The van der Waals surface area contributed by atoms with E-state index in [-0.39, 0.29) is 13.0 Å². The highest BCUT2D eigenvalue weighted by Crippen LogP contribution is 2.16. The first-order valence-electron chi connectivity index (χ1n) is 8.55. The average molecular weight is 399 g/mol. The van der Waals surface area contributed by atoms with Crippen LogP contribution in [0.2, 0.25) is 0 Å². The van der Waals surface area contributed by atoms with E-state index in [4.69, 9.17) is 9.47 Å². The number of carbonyl (C=O) groups excluding carboxylic acids is 3. The zero-order valence-corrected chi connectivity index (χ0v) is 16.0. The first-order chi connectivity index (χ1) is 14.0. The highest BCUT2D eigenvalue weighted by molar-refractivity contribution is 6.03. The molecule has 0 saturated heterocycles. The first-order valence-corrected chi connectivity index (χ1v) is 8.55. The summed E-state index contributed by atoms with van der Waals surface area (Å²) in [5, 5.41) is 6.41. The highest BCUT2D eigenvalue weighted by Gasteiger charge is 2.09. The molecule has 0 atom stereocenters. The number of benzene rings is 2. The molecule has 0 aliphatic carbocycles. The van der Waals surface area contributed by atoms with E-state index >= 15 is 0 Å². The van der Waals surface area contributed by atoms with E-state index in [0.29, 0.717) is 22.7 Å². The van der Waals surface area contributed by atoms with Crippen LogP contribution >= 0.6 is 0 Å². The van der Waals surface area contributed by atoms with Gasteiger partial charge in [-0.1, -0.05) is 6.07 Å². The van der Waals surface area contributed by atoms with Crippen molar-refractivity contribution < 1.29 is 28.6 Å². The Morgan fingerprint density at radius 3 is 2.45 bits per heavy atom. The van der Waals surface area contributed by atoms with Gasteiger partial charge >= 0.3 is 5.97 Å². The van der Waals surface area contributed by atoms with Crippen LogP contribution in [0.25, 0.3) is 0 Å². The zero-order chi connectivity index (χ0) is 21.1. The summed E-state index contributed by atoms with van der Waals surface area (Å²) in [5.41, 5.74) is 3.50. The van der Waals surface area contributed by atoms with E-state index < -0.39 is 17.8 Å². The maximum Gasteiger partial charge on any atom is 0.343 e. The largest absolute Gasteiger partial charge is 0.497 e. The Morgan fingerprint density at radius 1 is 1.00 bits per heavy atom. The summed E-state index contributed by atoms with van der Waals surface area (Å²) in [6.45, 7) is -0.183. The van der Waals surface area contributed by atoms with Crippen LogP contribution in [-0.2, 0) is 19.1 Å². The Kier molecular flexibility index (Phi) is 8.18. The van der Waals surface area contributed by atoms with Crippen molar-refractivity contribution >= 4 is 29.7 Å². The second kappa shape index (κ2) is 11.1. The van der Waals surface area contributed by atoms with Gasteiger partial charge in [-0.05, 0) is 42.0 Å². The van der Waals surface area contributed by atoms with Crippen LogP contribution < -0.4 is 20.2 Å². The molecule has 0 heterocycles. The summed E-state index contributed by atoms with van der Waals surface area (Å²) < 4.78 is 14.8. The lowest BCUT2D eigenvalue weighted by Gasteiger charge is -2.06. The maximum absolute atomic E-state index is 11.9. The molecular weight excluding hydrogens is 378 g/mol. The molecule has 2 aromatic carbocycles. The quantitative estimate of drug-likeness (QED) is 0.287. The van der Waals surface area contributed by atoms with Gasteiger partial charge < -0.3 is 19.5 Å². The normalized spacial score (nSPS) is 10.3. The molecule has 0 unspecified atom stereocenters. The lowest BCUT2D eigenvalue weighted by Crippen LogP contribution is -2.24. The number of esters is 1. The van der Waals surface area contributed by atoms with Gasteiger partial charge in [-0.15, -0.1) is 0 Å². The second-order valence-electron chi connectivity index (χ2n) is 5.68. The fraction of sp³-hybridized carbons (Fsp3) is 0.200. The molecule has 2 amide bonds. The molecule has 0 aliphatic heterocycles. The minimum atomic E-state index is -0.556. The van der Waals surface area contributed by atoms with Crippen LogP contribution in [0, 0.1) is 0 Å². The van der Waals surface area contributed by atoms with E-state index in [1.807, 2.05) is 0 Å². The van der Waals surface area contributed by atoms with Crippen molar-refractivity contribution in [3.8, 4) is 11.5 Å². The molecule has 0 bridgehead atoms. The summed E-state index contributed by atoms with van der Waals surface area (Å²) in [6, 6.07) is 13.5. The van der Waals surface area contributed by atoms with Gasteiger partial charge in [0.05, 0.1) is 20.4 Å². The van der Waals surface area contributed by atoms with Gasteiger partial charge in [0.2, 0.25) is 11.8 Å². The van der Waals surface area contributed by atoms with Crippen LogP contribution in [0.1, 0.15) is 12.0 Å². The van der Waals surface area contributed by atoms with Gasteiger partial charge in [-0.25, -0.2) is 10.2 Å². The molecule has 2 rings (SSSR count). The van der Waals surface area contributed by atoms with Gasteiger partial charge in [0, 0.05) is 11.8 Å². The van der Waals surface area contributed by atoms with Gasteiger partial charge in [0.15, 0.2) is 6.61 Å². The van der Waals surface area contributed by atoms with Gasteiger partial charge in [-0.2, -0.15) is 5.10 Å². The summed E-state index contributed by atoms with van der Waals surface area (Å²) in [4.78, 5) is 34.7. The number of anilines is 1. The SMILES string of the molecule is COC(=O)COc1ccc(C=NNC(=O)CC(=O)Nc2cccc(OC)c2)cc1. The van der Waals surface area contributed by atoms with Crippen molar-refractivity contribution in [2.45, 2.75) is 6.42 Å². The van der Waals surface area contributed by atoms with E-state index in [2.05, 4.69) is 20.6 Å². The number of rotatable bonds is 9. The molecule has 0 radical (unpaired) electrons. The number of ether oxygens (including phenoxy) is 3. The van der Waals surface area contributed by atoms with Gasteiger partial charge in [0.1, 0.15) is 17.9 Å². The Hall–Kier alpha value is -3.88. The standard InChI is InChI=1S/C20H21N3O6/c1-27-17-5-3-4-15(10-17)22-18(24)11-19(25)23-21-12-14-6-8-16(9-7-14)29-13-20(26)28-2/h3-10,12H,11,13H2,1-2H3,(H,22,24)(H,23,25). The molecule has 2 aromatic rings. The number of hydrazone groups is 1. The fourth-order valence-corrected chi connectivity index (χ4v) is 2.12. The van der Waals surface area contributed by atoms with Crippen LogP contribution in [0.3, 0.4) is 0 Å². The monoisotopic (exact) mass is 399 g/mol. The molecule has 9 nitrogen and oxygen atoms in total. The molecule has 29 heavy (non-hydrogen) atoms. The predicted octanol–water partition coefficient (Wildman–Crippen LogP) is 1.73. The van der Waals surface area contributed by atoms with Gasteiger partial charge in [-0.3, -0.25) is 9.59 Å². The third-order valence-corrected chi connectivity index (χ3v) is 3.54. The zero-order valence-electron chi connectivity index (χ0n) is 16.0. The number of hydrogen-bond acceptors (Lipinski definition) is 7. The molecule has 0 saturated carbocycles. The third-order valence-electron chi connectivity index (χ3n) is 3.54. The predicted molar refractivity (Wildman–Crippen MR) is 106 cm³/mol. The summed E-state index contributed by atoms with van der Waals surface area (Å²) in [5.74, 6) is -0.420. The molecule has 0 spiro atoms. The topological polar surface area (TPSA) is 115 Å². The van der Waals surface area contributed by atoms with E-state index in [0.717, 1.165) is 0 Å².